The van der Waals surface area contributed by atoms with E-state index in [1.165, 1.54) is 104 Å². The molecule has 1 saturated carbocycles. The Labute approximate surface area is 725 Å². The van der Waals surface area contributed by atoms with Gasteiger partial charge in [0.2, 0.25) is 45.6 Å². The van der Waals surface area contributed by atoms with Gasteiger partial charge in [0.05, 0.1) is 22.3 Å². The highest BCUT2D eigenvalue weighted by Gasteiger charge is 2.31. The van der Waals surface area contributed by atoms with Crippen molar-refractivity contribution in [1.29, 1.82) is 0 Å². The Morgan fingerprint density at radius 2 is 0.598 bits per heavy atom. The van der Waals surface area contributed by atoms with Crippen LogP contribution in [-0.4, -0.2) is 19.9 Å². The standard InChI is InChI=1S/C28H33N2O.C28H35N2O.2C27H33N2O/c1-18-10-11-21-22-12-13-23(20-8-6-7-9-20)29-27(22)31-26(21)25(18)24-16-19(14-15-30(24)5)17-28(2,3)4;1-18-9-11-21-22-12-10-20(17-28(5,6)7)29-26(22)31-25(21)24(18)23-15-19(13-14-30(23)8)16-27(2,3)4;1-17-9-10-19-20-11-12-22(27(5,6)7)28-25(20)30-24(19)23(17)21-15-18(13-14-29(21)8)16-26(2,3)4;1-17(2)14-20-9-11-22-21-10-8-18(3)24(25(21)30-26(22)28-20)23-15-19(12-13-29(23)7)16-27(4,5)6/h10-16,20H,6-9,17H2,1-5H3;9-15H,16-17H2,1-8H3;9-15H,16H2,1-8H3;8-13,15,17H,14,16H2,1-7H3/q4*+1. The molecule has 0 radical (unpaired) electrons. The smallest absolute Gasteiger partial charge is 0.227 e. The molecule has 0 saturated heterocycles. The third kappa shape index (κ3) is 19.7. The molecule has 0 atom stereocenters. The third-order valence-corrected chi connectivity index (χ3v) is 23.7. The highest BCUT2D eigenvalue weighted by atomic mass is 16.4. The molecule has 1 aliphatic rings. The molecule has 0 aliphatic heterocycles. The number of hydrogen-bond donors (Lipinski definition) is 0. The van der Waals surface area contributed by atoms with E-state index < -0.39 is 0 Å². The zero-order valence-corrected chi connectivity index (χ0v) is 78.6. The van der Waals surface area contributed by atoms with Crippen molar-refractivity contribution in [3.63, 3.8) is 0 Å². The van der Waals surface area contributed by atoms with Gasteiger partial charge in [0.25, 0.3) is 0 Å². The van der Waals surface area contributed by atoms with Crippen LogP contribution in [0.25, 0.3) is 133 Å². The normalized spacial score (nSPS) is 13.4. The van der Waals surface area contributed by atoms with E-state index in [0.29, 0.717) is 11.8 Å². The maximum atomic E-state index is 6.49. The summed E-state index contributed by atoms with van der Waals surface area (Å²) in [5.74, 6) is 1.16. The van der Waals surface area contributed by atoms with E-state index in [9.17, 15) is 0 Å². The largest absolute Gasteiger partial charge is 0.437 e. The minimum Gasteiger partial charge on any atom is -0.437 e. The summed E-state index contributed by atoms with van der Waals surface area (Å²) in [5, 5.41) is 8.91. The Morgan fingerprint density at radius 3 is 0.910 bits per heavy atom. The highest BCUT2D eigenvalue weighted by Crippen LogP contribution is 2.44. The molecular formula is C110H134N8O4+4. The molecule has 634 valence electrons. The number of benzene rings is 4. The first-order chi connectivity index (χ1) is 57.3. The van der Waals surface area contributed by atoms with Crippen LogP contribution in [0, 0.1) is 60.7 Å². The molecule has 0 unspecified atom stereocenters. The van der Waals surface area contributed by atoms with Crippen LogP contribution in [0.5, 0.6) is 0 Å². The Morgan fingerprint density at radius 1 is 0.320 bits per heavy atom. The van der Waals surface area contributed by atoms with Gasteiger partial charge in [-0.3, -0.25) is 0 Å². The van der Waals surface area contributed by atoms with E-state index in [-0.39, 0.29) is 32.5 Å². The van der Waals surface area contributed by atoms with Gasteiger partial charge in [-0.05, 0) is 205 Å². The van der Waals surface area contributed by atoms with Crippen LogP contribution in [-0.2, 0) is 72.1 Å². The number of aryl methyl sites for hydroxylation is 8. The zero-order chi connectivity index (χ0) is 87.8. The quantitative estimate of drug-likeness (QED) is 0.111. The first-order valence-corrected chi connectivity index (χ1v) is 44.5. The van der Waals surface area contributed by atoms with Gasteiger partial charge in [-0.15, -0.1) is 0 Å². The molecule has 4 aromatic carbocycles. The summed E-state index contributed by atoms with van der Waals surface area (Å²) in [6.45, 7) is 53.8. The number of furan rings is 4. The Kier molecular flexibility index (Phi) is 24.3. The van der Waals surface area contributed by atoms with Crippen molar-refractivity contribution in [1.82, 2.24) is 19.9 Å². The van der Waals surface area contributed by atoms with Crippen molar-refractivity contribution < 1.29 is 35.9 Å². The van der Waals surface area contributed by atoms with Gasteiger partial charge < -0.3 is 17.7 Å². The molecule has 16 aromatic rings. The molecule has 12 nitrogen and oxygen atoms in total. The fourth-order valence-electron chi connectivity index (χ4n) is 18.0. The van der Waals surface area contributed by atoms with E-state index in [2.05, 4.69) is 383 Å². The molecule has 122 heavy (non-hydrogen) atoms. The fraction of sp³-hybridized carbons (Fsp3) is 0.418. The second kappa shape index (κ2) is 33.8. The first-order valence-electron chi connectivity index (χ1n) is 44.5. The van der Waals surface area contributed by atoms with Gasteiger partial charge in [-0.1, -0.05) is 200 Å². The summed E-state index contributed by atoms with van der Waals surface area (Å²) in [6.07, 6.45) is 19.8. The van der Waals surface area contributed by atoms with E-state index in [0.717, 1.165) is 161 Å². The molecule has 12 aromatic heterocycles. The molecule has 0 N–H and O–H groups in total. The van der Waals surface area contributed by atoms with E-state index >= 15 is 0 Å². The topological polar surface area (TPSA) is 120 Å². The number of hydrogen-bond acceptors (Lipinski definition) is 8. The molecule has 0 bridgehead atoms. The van der Waals surface area contributed by atoms with Crippen molar-refractivity contribution in [3.05, 3.63) is 238 Å². The van der Waals surface area contributed by atoms with E-state index in [1.807, 2.05) is 0 Å². The van der Waals surface area contributed by atoms with Crippen molar-refractivity contribution in [2.24, 2.45) is 61.2 Å². The molecule has 1 aliphatic carbocycles. The van der Waals surface area contributed by atoms with Gasteiger partial charge in [0.15, 0.2) is 47.1 Å². The van der Waals surface area contributed by atoms with Crippen LogP contribution in [0.1, 0.15) is 237 Å². The van der Waals surface area contributed by atoms with Crippen LogP contribution in [0.15, 0.2) is 188 Å². The molecular weight excluding hydrogens is 1500 g/mol. The predicted octanol–water partition coefficient (Wildman–Crippen LogP) is 27.2. The molecule has 17 rings (SSSR count). The summed E-state index contributed by atoms with van der Waals surface area (Å²) in [5.41, 5.74) is 31.9. The zero-order valence-electron chi connectivity index (χ0n) is 78.6. The van der Waals surface area contributed by atoms with Crippen LogP contribution in [0.3, 0.4) is 0 Å². The average Bonchev–Trinajstić information content (AvgIpc) is 1.61. The minimum absolute atomic E-state index is 0.0142. The number of nitrogens with zero attached hydrogens (tertiary/aromatic N) is 8. The summed E-state index contributed by atoms with van der Waals surface area (Å²) in [4.78, 5) is 19.5. The van der Waals surface area contributed by atoms with Gasteiger partial charge in [-0.2, -0.15) is 0 Å². The monoisotopic (exact) mass is 1630 g/mol. The molecule has 1 fully saturated rings. The van der Waals surface area contributed by atoms with Crippen molar-refractivity contribution in [2.45, 2.75) is 242 Å². The van der Waals surface area contributed by atoms with Crippen LogP contribution < -0.4 is 18.3 Å². The Hall–Kier alpha value is -10.7. The SMILES string of the molecule is Cc1ccc2c(oc3nc(C(C)(C)C)ccc32)c1-c1cc(CC(C)(C)C)cc[n+]1C.Cc1ccc2c(oc3nc(C4CCCC4)ccc32)c1-c1cc(CC(C)(C)C)cc[n+]1C.Cc1ccc2c(oc3nc(CC(C)(C)C)ccc32)c1-c1cc(CC(C)(C)C)cc[n+]1C.Cc1ccc2c(oc3nc(CC(C)C)ccc32)c1-c1cc(CC(C)(C)C)cc[n+]1C. The van der Waals surface area contributed by atoms with Crippen molar-refractivity contribution in [3.8, 4) is 45.0 Å². The molecule has 0 spiro atoms. The number of pyridine rings is 8. The summed E-state index contributed by atoms with van der Waals surface area (Å²) in [6, 6.07) is 53.0. The lowest BCUT2D eigenvalue weighted by molar-refractivity contribution is -0.660. The Balaban J connectivity index is 0.000000133. The van der Waals surface area contributed by atoms with E-state index in [4.69, 9.17) is 37.6 Å². The lowest BCUT2D eigenvalue weighted by Gasteiger charge is -2.18. The second-order valence-corrected chi connectivity index (χ2v) is 43.0. The molecule has 12 heteroatoms. The van der Waals surface area contributed by atoms with Crippen LogP contribution in [0.2, 0.25) is 0 Å². The predicted molar refractivity (Wildman–Crippen MR) is 506 cm³/mol. The third-order valence-electron chi connectivity index (χ3n) is 23.7. The fourth-order valence-corrected chi connectivity index (χ4v) is 18.0. The Bertz CT molecular complexity index is 6610. The van der Waals surface area contributed by atoms with Crippen molar-refractivity contribution in [2.75, 3.05) is 0 Å². The lowest BCUT2D eigenvalue weighted by Crippen LogP contribution is -2.31. The van der Waals surface area contributed by atoms with Crippen LogP contribution in [0.4, 0.5) is 0 Å². The second-order valence-electron chi connectivity index (χ2n) is 43.0. The van der Waals surface area contributed by atoms with Crippen molar-refractivity contribution >= 4 is 88.3 Å². The van der Waals surface area contributed by atoms with Gasteiger partial charge in [0.1, 0.15) is 28.2 Å². The minimum atomic E-state index is -0.0142. The van der Waals surface area contributed by atoms with Gasteiger partial charge in [-0.25, -0.2) is 38.2 Å². The summed E-state index contributed by atoms with van der Waals surface area (Å²) in [7, 11) is 8.44. The summed E-state index contributed by atoms with van der Waals surface area (Å²) < 4.78 is 34.6. The molecule has 12 heterocycles. The number of rotatable bonds is 12. The average molecular weight is 1630 g/mol. The maximum absolute atomic E-state index is 6.49. The van der Waals surface area contributed by atoms with E-state index in [1.54, 1.807) is 0 Å². The highest BCUT2D eigenvalue weighted by molar-refractivity contribution is 6.12. The number of fused-ring (bicyclic) bond motifs is 12. The lowest BCUT2D eigenvalue weighted by atomic mass is 9.87. The first kappa shape index (κ1) is 87.6. The van der Waals surface area contributed by atoms with Gasteiger partial charge in [0, 0.05) is 126 Å². The van der Waals surface area contributed by atoms with Crippen LogP contribution >= 0.6 is 0 Å². The summed E-state index contributed by atoms with van der Waals surface area (Å²) >= 11 is 0. The molecule has 0 amide bonds. The van der Waals surface area contributed by atoms with Gasteiger partial charge >= 0.3 is 0 Å². The number of aromatic nitrogens is 8. The maximum Gasteiger partial charge on any atom is 0.227 e.